The lowest BCUT2D eigenvalue weighted by Crippen LogP contribution is -2.21. The highest BCUT2D eigenvalue weighted by Gasteiger charge is 2.38. The van der Waals surface area contributed by atoms with Crippen LogP contribution >= 0.6 is 0 Å². The molecule has 0 aliphatic rings. The number of aliphatic carboxylic acids is 1. The van der Waals surface area contributed by atoms with Gasteiger partial charge in [-0.15, -0.1) is 0 Å². The van der Waals surface area contributed by atoms with Gasteiger partial charge in [-0.25, -0.2) is 9.59 Å². The van der Waals surface area contributed by atoms with Gasteiger partial charge in [-0.05, 0) is 24.6 Å². The van der Waals surface area contributed by atoms with E-state index < -0.39 is 12.1 Å². The van der Waals surface area contributed by atoms with Gasteiger partial charge in [0.25, 0.3) is 0 Å². The summed E-state index contributed by atoms with van der Waals surface area (Å²) < 4.78 is 38.4. The maximum Gasteiger partial charge on any atom is 0.490 e. The summed E-state index contributed by atoms with van der Waals surface area (Å²) in [5, 5.41) is 10.4. The fraction of sp³-hybridized carbons (Fsp3) is 0.294. The molecule has 0 aliphatic heterocycles. The standard InChI is InChI=1S/C15H16N4O2.C2HF3O2/c1-10-12(18-6-5-17-10)9-16-8-11-3-4-13-14(7-11)21-15(20)19(13)2;3-2(4,5)1(6)7/h3-7,16H,8-9H2,1-2H3;(H,6,7). The Hall–Kier alpha value is -3.21. The number of carbonyl (C=O) groups is 1. The van der Waals surface area contributed by atoms with Crippen LogP contribution in [-0.2, 0) is 24.9 Å². The zero-order valence-electron chi connectivity index (χ0n) is 14.9. The first-order valence-corrected chi connectivity index (χ1v) is 7.95. The number of fused-ring (bicyclic) bond motifs is 1. The smallest absolute Gasteiger partial charge is 0.475 e. The maximum absolute atomic E-state index is 11.5. The van der Waals surface area contributed by atoms with E-state index in [0.29, 0.717) is 18.7 Å². The molecule has 2 heterocycles. The Morgan fingerprint density at radius 3 is 2.50 bits per heavy atom. The van der Waals surface area contributed by atoms with Crippen LogP contribution in [0.3, 0.4) is 0 Å². The molecule has 0 fully saturated rings. The average Bonchev–Trinajstić information content (AvgIpc) is 2.90. The third-order valence-electron chi connectivity index (χ3n) is 3.70. The van der Waals surface area contributed by atoms with Crippen LogP contribution in [0.2, 0.25) is 0 Å². The number of carboxylic acid groups (broad SMARTS) is 1. The van der Waals surface area contributed by atoms with Gasteiger partial charge in [-0.3, -0.25) is 14.5 Å². The molecule has 2 aromatic heterocycles. The summed E-state index contributed by atoms with van der Waals surface area (Å²) in [6.07, 6.45) is -1.71. The second-order valence-electron chi connectivity index (χ2n) is 5.72. The molecule has 150 valence electrons. The van der Waals surface area contributed by atoms with Gasteiger partial charge in [0.1, 0.15) is 0 Å². The van der Waals surface area contributed by atoms with Crippen LogP contribution in [0.25, 0.3) is 11.1 Å². The lowest BCUT2D eigenvalue weighted by molar-refractivity contribution is -0.192. The summed E-state index contributed by atoms with van der Waals surface area (Å²) in [5.41, 5.74) is 4.32. The molecular formula is C17H17F3N4O4. The van der Waals surface area contributed by atoms with E-state index in [1.807, 2.05) is 25.1 Å². The first-order chi connectivity index (χ1) is 13.1. The number of alkyl halides is 3. The summed E-state index contributed by atoms with van der Waals surface area (Å²) in [7, 11) is 1.70. The number of nitrogens with one attached hydrogen (secondary N) is 1. The Morgan fingerprint density at radius 2 is 1.89 bits per heavy atom. The minimum atomic E-state index is -5.08. The zero-order chi connectivity index (χ0) is 20.9. The van der Waals surface area contributed by atoms with Crippen molar-refractivity contribution in [1.82, 2.24) is 19.9 Å². The highest BCUT2D eigenvalue weighted by Crippen LogP contribution is 2.14. The fourth-order valence-corrected chi connectivity index (χ4v) is 2.22. The predicted octanol–water partition coefficient (Wildman–Crippen LogP) is 2.15. The number of halogens is 3. The molecule has 0 saturated carbocycles. The summed E-state index contributed by atoms with van der Waals surface area (Å²) in [6, 6.07) is 5.76. The molecule has 0 radical (unpaired) electrons. The molecule has 28 heavy (non-hydrogen) atoms. The molecule has 1 aromatic carbocycles. The number of rotatable bonds is 4. The Balaban J connectivity index is 0.000000345. The predicted molar refractivity (Wildman–Crippen MR) is 92.5 cm³/mol. The van der Waals surface area contributed by atoms with Crippen LogP contribution < -0.4 is 11.1 Å². The van der Waals surface area contributed by atoms with Crippen LogP contribution in [0.5, 0.6) is 0 Å². The van der Waals surface area contributed by atoms with Crippen molar-refractivity contribution >= 4 is 17.1 Å². The topological polar surface area (TPSA) is 110 Å². The van der Waals surface area contributed by atoms with Gasteiger partial charge in [0.15, 0.2) is 5.58 Å². The van der Waals surface area contributed by atoms with Crippen LogP contribution in [0.4, 0.5) is 13.2 Å². The molecule has 3 rings (SSSR count). The van der Waals surface area contributed by atoms with E-state index in [0.717, 1.165) is 22.5 Å². The molecule has 11 heteroatoms. The van der Waals surface area contributed by atoms with Crippen molar-refractivity contribution in [2.24, 2.45) is 7.05 Å². The maximum atomic E-state index is 11.5. The highest BCUT2D eigenvalue weighted by molar-refractivity contribution is 5.73. The summed E-state index contributed by atoms with van der Waals surface area (Å²) in [4.78, 5) is 28.8. The monoisotopic (exact) mass is 398 g/mol. The normalized spacial score (nSPS) is 11.2. The number of carboxylic acids is 1. The molecule has 8 nitrogen and oxygen atoms in total. The average molecular weight is 398 g/mol. The molecule has 2 N–H and O–H groups in total. The lowest BCUT2D eigenvalue weighted by Gasteiger charge is -2.06. The quantitative estimate of drug-likeness (QED) is 0.693. The van der Waals surface area contributed by atoms with E-state index in [9.17, 15) is 18.0 Å². The third-order valence-corrected chi connectivity index (χ3v) is 3.70. The van der Waals surface area contributed by atoms with Gasteiger partial charge in [-0.1, -0.05) is 6.07 Å². The van der Waals surface area contributed by atoms with Gasteiger partial charge < -0.3 is 14.8 Å². The number of aromatic nitrogens is 3. The van der Waals surface area contributed by atoms with Crippen molar-refractivity contribution in [1.29, 1.82) is 0 Å². The van der Waals surface area contributed by atoms with Gasteiger partial charge in [0.05, 0.1) is 16.9 Å². The van der Waals surface area contributed by atoms with Crippen LogP contribution in [0, 0.1) is 6.92 Å². The van der Waals surface area contributed by atoms with Gasteiger partial charge in [-0.2, -0.15) is 13.2 Å². The fourth-order valence-electron chi connectivity index (χ4n) is 2.22. The Morgan fingerprint density at radius 1 is 1.25 bits per heavy atom. The Kier molecular flexibility index (Phi) is 6.52. The van der Waals surface area contributed by atoms with Crippen molar-refractivity contribution in [3.05, 3.63) is 58.1 Å². The van der Waals surface area contributed by atoms with Gasteiger partial charge in [0.2, 0.25) is 0 Å². The largest absolute Gasteiger partial charge is 0.490 e. The molecule has 0 unspecified atom stereocenters. The van der Waals surface area contributed by atoms with Crippen molar-refractivity contribution < 1.29 is 27.5 Å². The molecule has 0 aliphatic carbocycles. The molecule has 0 atom stereocenters. The van der Waals surface area contributed by atoms with E-state index in [-0.39, 0.29) is 5.76 Å². The number of hydrogen-bond acceptors (Lipinski definition) is 6. The van der Waals surface area contributed by atoms with Crippen molar-refractivity contribution in [3.8, 4) is 0 Å². The number of hydrogen-bond donors (Lipinski definition) is 2. The molecule has 0 saturated heterocycles. The minimum Gasteiger partial charge on any atom is -0.475 e. The SMILES string of the molecule is Cc1nccnc1CNCc1ccc2c(c1)oc(=O)n2C.O=C(O)C(F)(F)F. The number of benzene rings is 1. The van der Waals surface area contributed by atoms with Gasteiger partial charge >= 0.3 is 17.9 Å². The second kappa shape index (κ2) is 8.65. The van der Waals surface area contributed by atoms with E-state index >= 15 is 0 Å². The Labute approximate surface area is 156 Å². The second-order valence-corrected chi connectivity index (χ2v) is 5.72. The summed E-state index contributed by atoms with van der Waals surface area (Å²) in [5.74, 6) is -3.10. The molecule has 0 bridgehead atoms. The number of nitrogens with zero attached hydrogens (tertiary/aromatic N) is 3. The van der Waals surface area contributed by atoms with E-state index in [1.54, 1.807) is 19.4 Å². The van der Waals surface area contributed by atoms with Crippen LogP contribution in [0.1, 0.15) is 17.0 Å². The van der Waals surface area contributed by atoms with Crippen molar-refractivity contribution in [2.45, 2.75) is 26.2 Å². The van der Waals surface area contributed by atoms with E-state index in [2.05, 4.69) is 15.3 Å². The number of aryl methyl sites for hydroxylation is 2. The lowest BCUT2D eigenvalue weighted by atomic mass is 10.2. The molecular weight excluding hydrogens is 381 g/mol. The number of oxazole rings is 1. The van der Waals surface area contributed by atoms with Crippen molar-refractivity contribution in [3.63, 3.8) is 0 Å². The first-order valence-electron chi connectivity index (χ1n) is 7.95. The minimum absolute atomic E-state index is 0.342. The molecule has 0 amide bonds. The van der Waals surface area contributed by atoms with Crippen LogP contribution in [0.15, 0.2) is 39.8 Å². The molecule has 0 spiro atoms. The van der Waals surface area contributed by atoms with E-state index in [4.69, 9.17) is 14.3 Å². The zero-order valence-corrected chi connectivity index (χ0v) is 14.9. The summed E-state index contributed by atoms with van der Waals surface area (Å²) >= 11 is 0. The Bertz CT molecular complexity index is 1030. The van der Waals surface area contributed by atoms with Crippen LogP contribution in [-0.4, -0.2) is 31.8 Å². The van der Waals surface area contributed by atoms with E-state index in [1.165, 1.54) is 4.57 Å². The van der Waals surface area contributed by atoms with Crippen molar-refractivity contribution in [2.75, 3.05) is 0 Å². The first kappa shape index (κ1) is 21.1. The third kappa shape index (κ3) is 5.39. The van der Waals surface area contributed by atoms with Gasteiger partial charge in [0, 0.05) is 32.5 Å². The molecule has 3 aromatic rings. The summed E-state index contributed by atoms with van der Waals surface area (Å²) in [6.45, 7) is 3.26. The highest BCUT2D eigenvalue weighted by atomic mass is 19.4.